The first-order valence-corrected chi connectivity index (χ1v) is 17.5. The summed E-state index contributed by atoms with van der Waals surface area (Å²) < 4.78 is 12.9. The average Bonchev–Trinajstić information content (AvgIpc) is 2.94. The molecule has 0 fully saturated rings. The molecule has 3 aromatic rings. The Kier molecular flexibility index (Phi) is 11.7. The largest absolute Gasteiger partial charge is 0.489 e. The molecule has 0 aromatic heterocycles. The molecule has 0 amide bonds. The number of aliphatic hydroxyl groups excluding tert-OH is 1. The second-order valence-electron chi connectivity index (χ2n) is 12.2. The number of hydrogen-bond acceptors (Lipinski definition) is 5. The predicted octanol–water partition coefficient (Wildman–Crippen LogP) is 7.23. The van der Waals surface area contributed by atoms with E-state index < -0.39 is 20.2 Å². The Balaban J connectivity index is 1.73. The molecule has 0 heterocycles. The minimum absolute atomic E-state index is 0.0458. The molecule has 0 aliphatic carbocycles. The number of rotatable bonds is 15. The first-order valence-electron chi connectivity index (χ1n) is 14.6. The second kappa shape index (κ2) is 14.8. The van der Waals surface area contributed by atoms with Crippen LogP contribution in [0.4, 0.5) is 0 Å². The van der Waals surface area contributed by atoms with Gasteiger partial charge in [-0.1, -0.05) is 88.4 Å². The van der Waals surface area contributed by atoms with Gasteiger partial charge < -0.3 is 24.7 Å². The van der Waals surface area contributed by atoms with Crippen LogP contribution in [-0.2, 0) is 28.9 Å². The summed E-state index contributed by atoms with van der Waals surface area (Å²) in [6, 6.07) is 23.9. The maximum Gasteiger partial charge on any atom is 0.310 e. The van der Waals surface area contributed by atoms with Gasteiger partial charge in [-0.3, -0.25) is 4.79 Å². The molecule has 0 aliphatic heterocycles. The van der Waals surface area contributed by atoms with E-state index in [0.29, 0.717) is 25.3 Å². The average molecular weight is 578 g/mol. The number of nitrogens with one attached hydrogen (secondary N) is 1. The lowest BCUT2D eigenvalue weighted by molar-refractivity contribution is -0.138. The summed E-state index contributed by atoms with van der Waals surface area (Å²) in [4.78, 5) is 11.6. The van der Waals surface area contributed by atoms with Crippen LogP contribution in [0.3, 0.4) is 0 Å². The van der Waals surface area contributed by atoms with Gasteiger partial charge in [0.25, 0.3) is 0 Å². The van der Waals surface area contributed by atoms with Crippen molar-refractivity contribution >= 4 is 14.3 Å². The number of aliphatic carboxylic acids is 1. The maximum atomic E-state index is 11.6. The first-order chi connectivity index (χ1) is 19.4. The molecule has 0 spiro atoms. The molecule has 3 aromatic carbocycles. The summed E-state index contributed by atoms with van der Waals surface area (Å²) in [5, 5.41) is 23.3. The number of carboxylic acids is 1. The topological polar surface area (TPSA) is 88.0 Å². The summed E-state index contributed by atoms with van der Waals surface area (Å²) in [6.07, 6.45) is 1.16. The number of hydrogen-bond donors (Lipinski definition) is 3. The van der Waals surface area contributed by atoms with Crippen molar-refractivity contribution in [3.63, 3.8) is 0 Å². The Labute approximate surface area is 246 Å². The molecular weight excluding hydrogens is 530 g/mol. The number of carboxylic acid groups (broad SMARTS) is 1. The molecule has 222 valence electrons. The van der Waals surface area contributed by atoms with Crippen LogP contribution in [0.2, 0.25) is 18.1 Å². The van der Waals surface area contributed by atoms with E-state index in [1.807, 2.05) is 79.7 Å². The Morgan fingerprint density at radius 1 is 0.951 bits per heavy atom. The van der Waals surface area contributed by atoms with E-state index >= 15 is 0 Å². The van der Waals surface area contributed by atoms with Crippen molar-refractivity contribution in [3.05, 3.63) is 101 Å². The van der Waals surface area contributed by atoms with Gasteiger partial charge in [-0.2, -0.15) is 0 Å². The Morgan fingerprint density at radius 3 is 2.29 bits per heavy atom. The van der Waals surface area contributed by atoms with Crippen molar-refractivity contribution in [2.45, 2.75) is 83.9 Å². The summed E-state index contributed by atoms with van der Waals surface area (Å²) in [5.41, 5.74) is 4.78. The molecule has 3 rings (SSSR count). The summed E-state index contributed by atoms with van der Waals surface area (Å²) >= 11 is 0. The van der Waals surface area contributed by atoms with Crippen LogP contribution in [0.1, 0.15) is 74.0 Å². The van der Waals surface area contributed by atoms with Gasteiger partial charge in [0.05, 0.1) is 18.6 Å². The molecule has 1 unspecified atom stereocenters. The third kappa shape index (κ3) is 9.26. The predicted molar refractivity (Wildman–Crippen MR) is 168 cm³/mol. The Hall–Kier alpha value is -2.97. The van der Waals surface area contributed by atoms with Gasteiger partial charge in [-0.25, -0.2) is 0 Å². The van der Waals surface area contributed by atoms with E-state index in [2.05, 4.69) is 39.2 Å². The SMILES string of the molecule is CCC(C(=O)O)c1cccc(CCNC[C@H](O[Si](C)(C)C(C)(C)C)c2ccc(OCc3ccccc3)c(CO)c2)c1. The zero-order valence-corrected chi connectivity index (χ0v) is 26.4. The van der Waals surface area contributed by atoms with Crippen LogP contribution >= 0.6 is 0 Å². The minimum Gasteiger partial charge on any atom is -0.489 e. The molecule has 0 radical (unpaired) electrons. The van der Waals surface area contributed by atoms with Gasteiger partial charge in [0.15, 0.2) is 8.32 Å². The number of ether oxygens (including phenoxy) is 1. The Bertz CT molecular complexity index is 1260. The van der Waals surface area contributed by atoms with Crippen LogP contribution in [0.25, 0.3) is 0 Å². The summed E-state index contributed by atoms with van der Waals surface area (Å²) in [6.45, 7) is 14.8. The van der Waals surface area contributed by atoms with E-state index in [1.165, 1.54) is 0 Å². The van der Waals surface area contributed by atoms with Crippen molar-refractivity contribution in [3.8, 4) is 5.75 Å². The maximum absolute atomic E-state index is 11.6. The molecular formula is C34H47NO5Si. The van der Waals surface area contributed by atoms with Crippen LogP contribution in [0, 0.1) is 0 Å². The fraction of sp³-hybridized carbons (Fsp3) is 0.441. The number of benzene rings is 3. The third-order valence-electron chi connectivity index (χ3n) is 8.09. The van der Waals surface area contributed by atoms with Crippen LogP contribution in [-0.4, -0.2) is 37.6 Å². The normalized spacial score (nSPS) is 13.5. The highest BCUT2D eigenvalue weighted by Crippen LogP contribution is 2.40. The Morgan fingerprint density at radius 2 is 1.66 bits per heavy atom. The van der Waals surface area contributed by atoms with E-state index in [-0.39, 0.29) is 17.7 Å². The lowest BCUT2D eigenvalue weighted by atomic mass is 9.94. The van der Waals surface area contributed by atoms with Crippen molar-refractivity contribution in [1.82, 2.24) is 5.32 Å². The third-order valence-corrected chi connectivity index (χ3v) is 12.6. The molecule has 0 aliphatic rings. The molecule has 0 saturated heterocycles. The lowest BCUT2D eigenvalue weighted by Crippen LogP contribution is -2.43. The van der Waals surface area contributed by atoms with Gasteiger partial charge >= 0.3 is 5.97 Å². The standard InChI is InChI=1S/C34H47NO5Si/c1-7-30(33(37)38)27-15-11-14-25(20-27)18-19-35-22-32(40-41(5,6)34(2,3)4)28-16-17-31(29(21-28)23-36)39-24-26-12-9-8-10-13-26/h8-17,20-21,30,32,35-36H,7,18-19,22-24H2,1-6H3,(H,37,38)/t30?,32-/m0/s1. The number of aliphatic hydroxyl groups is 1. The van der Waals surface area contributed by atoms with Crippen LogP contribution in [0.5, 0.6) is 5.75 Å². The van der Waals surface area contributed by atoms with Gasteiger partial charge in [-0.05, 0) is 71.9 Å². The molecule has 2 atom stereocenters. The fourth-order valence-electron chi connectivity index (χ4n) is 4.54. The van der Waals surface area contributed by atoms with Crippen molar-refractivity contribution < 1.29 is 24.2 Å². The van der Waals surface area contributed by atoms with Crippen molar-refractivity contribution in [2.24, 2.45) is 0 Å². The first kappa shape index (κ1) is 32.5. The smallest absolute Gasteiger partial charge is 0.310 e. The van der Waals surface area contributed by atoms with Crippen molar-refractivity contribution in [2.75, 3.05) is 13.1 Å². The number of carbonyl (C=O) groups is 1. The van der Waals surface area contributed by atoms with E-state index in [0.717, 1.165) is 40.8 Å². The minimum atomic E-state index is -2.10. The quantitative estimate of drug-likeness (QED) is 0.130. The van der Waals surface area contributed by atoms with Gasteiger partial charge in [-0.15, -0.1) is 0 Å². The second-order valence-corrected chi connectivity index (χ2v) is 16.9. The molecule has 3 N–H and O–H groups in total. The lowest BCUT2D eigenvalue weighted by Gasteiger charge is -2.39. The van der Waals surface area contributed by atoms with Gasteiger partial charge in [0.2, 0.25) is 0 Å². The zero-order chi connectivity index (χ0) is 30.0. The van der Waals surface area contributed by atoms with Crippen LogP contribution in [0.15, 0.2) is 72.8 Å². The molecule has 0 bridgehead atoms. The van der Waals surface area contributed by atoms with E-state index in [4.69, 9.17) is 9.16 Å². The summed E-state index contributed by atoms with van der Waals surface area (Å²) in [5.74, 6) is -0.594. The monoisotopic (exact) mass is 577 g/mol. The zero-order valence-electron chi connectivity index (χ0n) is 25.4. The van der Waals surface area contributed by atoms with Gasteiger partial charge in [0.1, 0.15) is 12.4 Å². The molecule has 6 nitrogen and oxygen atoms in total. The fourth-order valence-corrected chi connectivity index (χ4v) is 5.83. The summed E-state index contributed by atoms with van der Waals surface area (Å²) in [7, 11) is -2.10. The molecule has 0 saturated carbocycles. The van der Waals surface area contributed by atoms with E-state index in [1.54, 1.807) is 0 Å². The van der Waals surface area contributed by atoms with Gasteiger partial charge in [0, 0.05) is 12.1 Å². The van der Waals surface area contributed by atoms with Crippen molar-refractivity contribution in [1.29, 1.82) is 0 Å². The van der Waals surface area contributed by atoms with E-state index in [9.17, 15) is 15.0 Å². The molecule has 7 heteroatoms. The van der Waals surface area contributed by atoms with Crippen LogP contribution < -0.4 is 10.1 Å². The highest BCUT2D eigenvalue weighted by atomic mass is 28.4. The molecule has 41 heavy (non-hydrogen) atoms. The highest BCUT2D eigenvalue weighted by Gasteiger charge is 2.39. The highest BCUT2D eigenvalue weighted by molar-refractivity contribution is 6.74.